The van der Waals surface area contributed by atoms with Gasteiger partial charge in [-0.15, -0.1) is 0 Å². The average molecular weight is 424 g/mol. The third kappa shape index (κ3) is 4.03. The molecule has 1 saturated heterocycles. The minimum absolute atomic E-state index is 0.0443. The van der Waals surface area contributed by atoms with E-state index in [1.165, 1.54) is 0 Å². The van der Waals surface area contributed by atoms with Crippen LogP contribution in [0.2, 0.25) is 0 Å². The number of fused-ring (bicyclic) bond motifs is 3. The standard InChI is InChI=1S/C26H33NO4/c1-5-6-7-8-18-16-21-23(19-15-17(2)9-10-20(19)26(3,4)31-21)24(28)22(18)25(29)27-11-13-30-14-12-27/h9-10,15-16,28H,5-8,11-14H2,1-4H3. The van der Waals surface area contributed by atoms with E-state index in [-0.39, 0.29) is 11.7 Å². The molecule has 2 aliphatic rings. The molecule has 166 valence electrons. The highest BCUT2D eigenvalue weighted by molar-refractivity contribution is 6.02. The number of carbonyl (C=O) groups is 1. The monoisotopic (exact) mass is 423 g/mol. The van der Waals surface area contributed by atoms with E-state index >= 15 is 0 Å². The Hall–Kier alpha value is -2.53. The lowest BCUT2D eigenvalue weighted by molar-refractivity contribution is 0.0300. The number of benzene rings is 2. The summed E-state index contributed by atoms with van der Waals surface area (Å²) in [6, 6.07) is 8.19. The average Bonchev–Trinajstić information content (AvgIpc) is 2.73. The molecule has 0 unspecified atom stereocenters. The second kappa shape index (κ2) is 8.54. The Bertz CT molecular complexity index is 989. The smallest absolute Gasteiger partial charge is 0.258 e. The quantitative estimate of drug-likeness (QED) is 0.672. The first-order chi connectivity index (χ1) is 14.8. The number of rotatable bonds is 5. The molecular formula is C26H33NO4. The molecule has 2 aliphatic heterocycles. The van der Waals surface area contributed by atoms with Crippen molar-refractivity contribution in [2.75, 3.05) is 26.3 Å². The first kappa shape index (κ1) is 21.7. The Labute approximate surface area is 185 Å². The van der Waals surface area contributed by atoms with Crippen LogP contribution in [0.4, 0.5) is 0 Å². The molecule has 4 rings (SSSR count). The number of hydrogen-bond donors (Lipinski definition) is 1. The van der Waals surface area contributed by atoms with Crippen molar-refractivity contribution < 1.29 is 19.4 Å². The van der Waals surface area contributed by atoms with Crippen molar-refractivity contribution >= 4 is 5.91 Å². The SMILES string of the molecule is CCCCCc1cc2c(c(O)c1C(=O)N1CCOCC1)-c1cc(C)ccc1C(C)(C)O2. The van der Waals surface area contributed by atoms with Crippen LogP contribution < -0.4 is 4.74 Å². The van der Waals surface area contributed by atoms with E-state index in [4.69, 9.17) is 9.47 Å². The Morgan fingerprint density at radius 3 is 2.61 bits per heavy atom. The molecule has 5 heteroatoms. The zero-order valence-electron chi connectivity index (χ0n) is 19.1. The Morgan fingerprint density at radius 2 is 1.90 bits per heavy atom. The summed E-state index contributed by atoms with van der Waals surface area (Å²) in [4.78, 5) is 15.3. The summed E-state index contributed by atoms with van der Waals surface area (Å²) < 4.78 is 11.8. The number of hydrogen-bond acceptors (Lipinski definition) is 4. The van der Waals surface area contributed by atoms with Crippen LogP contribution in [0.3, 0.4) is 0 Å². The highest BCUT2D eigenvalue weighted by Crippen LogP contribution is 2.51. The fourth-order valence-electron chi connectivity index (χ4n) is 4.68. The lowest BCUT2D eigenvalue weighted by Gasteiger charge is -2.36. The number of aromatic hydroxyl groups is 1. The van der Waals surface area contributed by atoms with Gasteiger partial charge in [0.1, 0.15) is 17.1 Å². The minimum atomic E-state index is -0.515. The molecule has 2 aromatic carbocycles. The highest BCUT2D eigenvalue weighted by atomic mass is 16.5. The van der Waals surface area contributed by atoms with Crippen molar-refractivity contribution in [3.05, 3.63) is 46.5 Å². The van der Waals surface area contributed by atoms with Crippen LogP contribution in [0.25, 0.3) is 11.1 Å². The summed E-state index contributed by atoms with van der Waals surface area (Å²) in [6.45, 7) is 10.4. The Morgan fingerprint density at radius 1 is 1.16 bits per heavy atom. The van der Waals surface area contributed by atoms with Gasteiger partial charge in [0, 0.05) is 18.7 Å². The molecule has 1 fully saturated rings. The van der Waals surface area contributed by atoms with Crippen LogP contribution in [0.15, 0.2) is 24.3 Å². The lowest BCUT2D eigenvalue weighted by atomic mass is 9.83. The van der Waals surface area contributed by atoms with Gasteiger partial charge in [0.2, 0.25) is 0 Å². The van der Waals surface area contributed by atoms with E-state index in [9.17, 15) is 9.90 Å². The maximum Gasteiger partial charge on any atom is 0.258 e. The number of aryl methyl sites for hydroxylation is 2. The van der Waals surface area contributed by atoms with Gasteiger partial charge in [-0.25, -0.2) is 0 Å². The summed E-state index contributed by atoms with van der Waals surface area (Å²) in [7, 11) is 0. The topological polar surface area (TPSA) is 59.0 Å². The molecule has 1 N–H and O–H groups in total. The van der Waals surface area contributed by atoms with Crippen LogP contribution in [-0.2, 0) is 16.8 Å². The van der Waals surface area contributed by atoms with Crippen molar-refractivity contribution in [3.63, 3.8) is 0 Å². The minimum Gasteiger partial charge on any atom is -0.506 e. The van der Waals surface area contributed by atoms with Gasteiger partial charge in [0.15, 0.2) is 0 Å². The molecule has 31 heavy (non-hydrogen) atoms. The van der Waals surface area contributed by atoms with E-state index < -0.39 is 5.60 Å². The van der Waals surface area contributed by atoms with Crippen LogP contribution in [0.1, 0.15) is 67.1 Å². The van der Waals surface area contributed by atoms with E-state index in [0.717, 1.165) is 47.9 Å². The van der Waals surface area contributed by atoms with Gasteiger partial charge in [0.05, 0.1) is 24.3 Å². The van der Waals surface area contributed by atoms with Crippen molar-refractivity contribution in [3.8, 4) is 22.6 Å². The van der Waals surface area contributed by atoms with Crippen LogP contribution in [-0.4, -0.2) is 42.2 Å². The number of phenolic OH excluding ortho intramolecular Hbond substituents is 1. The summed E-state index contributed by atoms with van der Waals surface area (Å²) in [5, 5.41) is 11.5. The zero-order chi connectivity index (χ0) is 22.2. The Balaban J connectivity index is 1.88. The molecule has 5 nitrogen and oxygen atoms in total. The van der Waals surface area contributed by atoms with Crippen molar-refractivity contribution in [2.45, 2.75) is 59.0 Å². The predicted molar refractivity (Wildman–Crippen MR) is 122 cm³/mol. The Kier molecular flexibility index (Phi) is 5.98. The van der Waals surface area contributed by atoms with Crippen molar-refractivity contribution in [1.29, 1.82) is 0 Å². The summed E-state index contributed by atoms with van der Waals surface area (Å²) in [5.41, 5.74) is 4.48. The second-order valence-corrected chi connectivity index (χ2v) is 9.16. The number of ether oxygens (including phenoxy) is 2. The predicted octanol–water partition coefficient (Wildman–Crippen LogP) is 5.20. The van der Waals surface area contributed by atoms with Gasteiger partial charge in [0.25, 0.3) is 5.91 Å². The summed E-state index contributed by atoms with van der Waals surface area (Å²) >= 11 is 0. The number of phenols is 1. The van der Waals surface area contributed by atoms with Gasteiger partial charge in [-0.2, -0.15) is 0 Å². The zero-order valence-corrected chi connectivity index (χ0v) is 19.1. The summed E-state index contributed by atoms with van der Waals surface area (Å²) in [6.07, 6.45) is 3.89. The molecule has 0 atom stereocenters. The van der Waals surface area contributed by atoms with Crippen LogP contribution in [0.5, 0.6) is 11.5 Å². The van der Waals surface area contributed by atoms with Crippen molar-refractivity contribution in [1.82, 2.24) is 4.90 Å². The van der Waals surface area contributed by atoms with Gasteiger partial charge < -0.3 is 19.5 Å². The van der Waals surface area contributed by atoms with Crippen molar-refractivity contribution in [2.24, 2.45) is 0 Å². The maximum atomic E-state index is 13.5. The molecule has 0 radical (unpaired) electrons. The van der Waals surface area contributed by atoms with Crippen LogP contribution >= 0.6 is 0 Å². The first-order valence-corrected chi connectivity index (χ1v) is 11.4. The molecule has 0 bridgehead atoms. The van der Waals surface area contributed by atoms with E-state index in [1.807, 2.05) is 26.8 Å². The normalized spacial score (nSPS) is 17.0. The lowest BCUT2D eigenvalue weighted by Crippen LogP contribution is -2.41. The van der Waals surface area contributed by atoms with Crippen LogP contribution in [0, 0.1) is 6.92 Å². The van der Waals surface area contributed by atoms with Gasteiger partial charge in [-0.1, -0.05) is 43.5 Å². The van der Waals surface area contributed by atoms with Gasteiger partial charge in [-0.3, -0.25) is 4.79 Å². The fourth-order valence-corrected chi connectivity index (χ4v) is 4.68. The van der Waals surface area contributed by atoms with E-state index in [1.54, 1.807) is 4.90 Å². The number of amides is 1. The number of unbranched alkanes of at least 4 members (excludes halogenated alkanes) is 2. The second-order valence-electron chi connectivity index (χ2n) is 9.16. The number of nitrogens with zero attached hydrogens (tertiary/aromatic N) is 1. The maximum absolute atomic E-state index is 13.5. The van der Waals surface area contributed by atoms with E-state index in [2.05, 4.69) is 25.1 Å². The molecule has 0 aliphatic carbocycles. The number of morpholine rings is 1. The first-order valence-electron chi connectivity index (χ1n) is 11.4. The summed E-state index contributed by atoms with van der Waals surface area (Å²) in [5.74, 6) is 0.586. The molecule has 2 aromatic rings. The largest absolute Gasteiger partial charge is 0.506 e. The third-order valence-electron chi connectivity index (χ3n) is 6.37. The molecular weight excluding hydrogens is 390 g/mol. The van der Waals surface area contributed by atoms with Gasteiger partial charge in [-0.05, 0) is 50.8 Å². The molecule has 1 amide bonds. The van der Waals surface area contributed by atoms with Gasteiger partial charge >= 0.3 is 0 Å². The number of carbonyl (C=O) groups excluding carboxylic acids is 1. The molecule has 0 spiro atoms. The highest BCUT2D eigenvalue weighted by Gasteiger charge is 2.37. The molecule has 2 heterocycles. The molecule has 0 saturated carbocycles. The van der Waals surface area contributed by atoms with E-state index in [0.29, 0.717) is 43.2 Å². The molecule has 0 aromatic heterocycles. The fraction of sp³-hybridized carbons (Fsp3) is 0.500. The third-order valence-corrected chi connectivity index (χ3v) is 6.37.